The lowest BCUT2D eigenvalue weighted by Crippen LogP contribution is -2.48. The predicted octanol–water partition coefficient (Wildman–Crippen LogP) is 2.16. The molecule has 11 nitrogen and oxygen atoms in total. The quantitative estimate of drug-likeness (QED) is 0.380. The van der Waals surface area contributed by atoms with Gasteiger partial charge in [0.25, 0.3) is 5.92 Å². The van der Waals surface area contributed by atoms with Gasteiger partial charge in [0.1, 0.15) is 28.7 Å². The molecule has 1 aromatic carbocycles. The molecule has 5 rings (SSSR count). The number of aliphatic carboxylic acids is 1. The zero-order valence-electron chi connectivity index (χ0n) is 20.1. The number of likely N-dealkylation sites (tertiary alicyclic amines) is 1. The summed E-state index contributed by atoms with van der Waals surface area (Å²) in [7, 11) is 0. The summed E-state index contributed by atoms with van der Waals surface area (Å²) in [5.74, 6) is -5.65. The van der Waals surface area contributed by atoms with Crippen molar-refractivity contribution in [1.82, 2.24) is 14.9 Å². The molecule has 0 radical (unpaired) electrons. The summed E-state index contributed by atoms with van der Waals surface area (Å²) in [6, 6.07) is 1.44. The molecule has 2 aromatic heterocycles. The Morgan fingerprint density at radius 2 is 2.13 bits per heavy atom. The van der Waals surface area contributed by atoms with Crippen LogP contribution in [0.5, 0.6) is 0 Å². The van der Waals surface area contributed by atoms with E-state index in [9.17, 15) is 36.6 Å². The number of rotatable bonds is 8. The lowest BCUT2D eigenvalue weighted by atomic mass is 10.0. The molecular weight excluding hydrogens is 561 g/mol. The molecule has 3 N–H and O–H groups in total. The number of carboxylic acid groups (broad SMARTS) is 1. The molecule has 0 bridgehead atoms. The number of nitrogens with zero attached hydrogens (tertiary/aromatic N) is 5. The van der Waals surface area contributed by atoms with E-state index >= 15 is 0 Å². The van der Waals surface area contributed by atoms with Gasteiger partial charge in [0.2, 0.25) is 5.91 Å². The summed E-state index contributed by atoms with van der Waals surface area (Å²) in [6.45, 7) is -0.596. The molecule has 0 spiro atoms. The molecule has 208 valence electrons. The predicted molar refractivity (Wildman–Crippen MR) is 137 cm³/mol. The second kappa shape index (κ2) is 10.2. The van der Waals surface area contributed by atoms with Crippen LogP contribution in [0.2, 0.25) is 0 Å². The van der Waals surface area contributed by atoms with Gasteiger partial charge in [0.15, 0.2) is 5.13 Å². The second-order valence-electron chi connectivity index (χ2n) is 9.31. The van der Waals surface area contributed by atoms with E-state index in [0.29, 0.717) is 10.8 Å². The smallest absolute Gasteiger partial charge is 0.326 e. The molecule has 39 heavy (non-hydrogen) atoms. The van der Waals surface area contributed by atoms with E-state index in [0.717, 1.165) is 26.6 Å². The average Bonchev–Trinajstić information content (AvgIpc) is 3.58. The van der Waals surface area contributed by atoms with Crippen LogP contribution in [-0.2, 0) is 27.3 Å². The Bertz CT molecular complexity index is 1470. The summed E-state index contributed by atoms with van der Waals surface area (Å²) >= 11 is -2.11. The highest BCUT2D eigenvalue weighted by atomic mass is 32.2. The Kier molecular flexibility index (Phi) is 7.11. The first-order valence-electron chi connectivity index (χ1n) is 11.8. The van der Waals surface area contributed by atoms with Crippen molar-refractivity contribution in [3.8, 4) is 0 Å². The highest BCUT2D eigenvalue weighted by Gasteiger charge is 2.44. The van der Waals surface area contributed by atoms with Gasteiger partial charge in [-0.05, 0) is 35.6 Å². The van der Waals surface area contributed by atoms with Crippen molar-refractivity contribution >= 4 is 61.2 Å². The van der Waals surface area contributed by atoms with Crippen LogP contribution >= 0.6 is 11.3 Å². The fraction of sp³-hybridized carbons (Fsp3) is 0.391. The summed E-state index contributed by atoms with van der Waals surface area (Å²) in [5.41, 5.74) is 5.83. The monoisotopic (exact) mass is 583 g/mol. The van der Waals surface area contributed by atoms with Crippen molar-refractivity contribution in [3.05, 3.63) is 42.0 Å². The van der Waals surface area contributed by atoms with Crippen molar-refractivity contribution in [2.24, 2.45) is 0 Å². The normalized spacial score (nSPS) is 20.5. The maximum Gasteiger partial charge on any atom is 0.326 e. The number of pyridine rings is 1. The van der Waals surface area contributed by atoms with Gasteiger partial charge in [-0.3, -0.25) is 13.3 Å². The zero-order chi connectivity index (χ0) is 28.1. The van der Waals surface area contributed by atoms with E-state index in [4.69, 9.17) is 5.73 Å². The van der Waals surface area contributed by atoms with Crippen LogP contribution < -0.4 is 14.9 Å². The van der Waals surface area contributed by atoms with Gasteiger partial charge in [0, 0.05) is 48.8 Å². The molecular formula is C23H22F3N6O5S2-. The maximum absolute atomic E-state index is 14.9. The molecule has 2 aliphatic heterocycles. The third kappa shape index (κ3) is 5.23. The number of carbonyl (C=O) groups excluding carboxylic acids is 1. The van der Waals surface area contributed by atoms with Gasteiger partial charge in [-0.1, -0.05) is 11.3 Å². The molecule has 0 aliphatic carbocycles. The SMILES string of the molecule is Nc1nccc2cc(C[C@H](C(=O)O)N3CC[C@H](N(c4cnc(N5CCC(F)(F)C5)s4)S(=O)[O-])C3=O)c(F)cc12. The van der Waals surface area contributed by atoms with E-state index in [1.165, 1.54) is 23.4 Å². The maximum atomic E-state index is 14.9. The van der Waals surface area contributed by atoms with Crippen molar-refractivity contribution in [3.63, 3.8) is 0 Å². The van der Waals surface area contributed by atoms with Gasteiger partial charge < -0.3 is 25.2 Å². The van der Waals surface area contributed by atoms with Crippen molar-refractivity contribution in [2.45, 2.75) is 37.3 Å². The fourth-order valence-corrected chi connectivity index (χ4v) is 6.70. The van der Waals surface area contributed by atoms with Crippen LogP contribution in [0.1, 0.15) is 18.4 Å². The minimum atomic E-state index is -2.95. The van der Waals surface area contributed by atoms with E-state index in [2.05, 4.69) is 9.97 Å². The molecule has 2 aliphatic rings. The topological polar surface area (TPSA) is 156 Å². The fourth-order valence-electron chi connectivity index (χ4n) is 4.91. The molecule has 16 heteroatoms. The molecule has 1 unspecified atom stereocenters. The van der Waals surface area contributed by atoms with Crippen molar-refractivity contribution in [1.29, 1.82) is 0 Å². The zero-order valence-corrected chi connectivity index (χ0v) is 21.8. The average molecular weight is 584 g/mol. The van der Waals surface area contributed by atoms with Gasteiger partial charge >= 0.3 is 5.97 Å². The van der Waals surface area contributed by atoms with Crippen LogP contribution in [0.25, 0.3) is 10.8 Å². The molecule has 1 amide bonds. The third-order valence-electron chi connectivity index (χ3n) is 6.83. The van der Waals surface area contributed by atoms with Gasteiger partial charge in [-0.2, -0.15) is 0 Å². The molecule has 4 heterocycles. The Hall–Kier alpha value is -3.50. The molecule has 0 saturated carbocycles. The number of fused-ring (bicyclic) bond motifs is 1. The first-order chi connectivity index (χ1) is 18.4. The first-order valence-corrected chi connectivity index (χ1v) is 13.6. The van der Waals surface area contributed by atoms with Crippen LogP contribution in [0.15, 0.2) is 30.6 Å². The first kappa shape index (κ1) is 27.1. The standard InChI is InChI=1S/C23H23F3N6O5S2/c24-15-9-14-12(1-4-28-19(14)27)7-13(15)8-17(21(34)35)31-5-2-16(20(31)33)32(39(36)37)18-10-29-22(38-18)30-6-3-23(25,26)11-30/h1,4,7,9-10,16-17H,2-3,5-6,8,11H2,(H2,27,28)(H,34,35)(H,36,37)/p-1/t16-,17+/m0/s1. The summed E-state index contributed by atoms with van der Waals surface area (Å²) in [4.78, 5) is 35.9. The van der Waals surface area contributed by atoms with Crippen LogP contribution in [0.4, 0.5) is 29.1 Å². The molecule has 2 saturated heterocycles. The summed E-state index contributed by atoms with van der Waals surface area (Å²) in [5, 5.41) is 11.0. The lowest BCUT2D eigenvalue weighted by molar-refractivity contribution is -0.148. The largest absolute Gasteiger partial charge is 0.755 e. The highest BCUT2D eigenvalue weighted by molar-refractivity contribution is 7.81. The van der Waals surface area contributed by atoms with E-state index in [-0.39, 0.29) is 53.9 Å². The number of anilines is 3. The number of aromatic nitrogens is 2. The molecule has 2 fully saturated rings. The second-order valence-corrected chi connectivity index (χ2v) is 11.1. The third-order valence-corrected chi connectivity index (χ3v) is 8.78. The van der Waals surface area contributed by atoms with Crippen LogP contribution in [-0.4, -0.2) is 78.3 Å². The van der Waals surface area contributed by atoms with E-state index in [1.54, 1.807) is 6.07 Å². The van der Waals surface area contributed by atoms with Gasteiger partial charge in [-0.15, -0.1) is 0 Å². The van der Waals surface area contributed by atoms with Gasteiger partial charge in [0.05, 0.1) is 12.7 Å². The number of halogens is 3. The number of nitrogen functional groups attached to an aromatic ring is 1. The summed E-state index contributed by atoms with van der Waals surface area (Å²) < 4.78 is 67.3. The summed E-state index contributed by atoms with van der Waals surface area (Å²) in [6.07, 6.45) is 1.86. The van der Waals surface area contributed by atoms with E-state index in [1.807, 2.05) is 0 Å². The highest BCUT2D eigenvalue weighted by Crippen LogP contribution is 2.38. The molecule has 3 aromatic rings. The number of hydrogen-bond donors (Lipinski definition) is 2. The van der Waals surface area contributed by atoms with Crippen molar-refractivity contribution in [2.75, 3.05) is 34.6 Å². The Morgan fingerprint density at radius 3 is 2.79 bits per heavy atom. The number of thiazole rings is 1. The lowest BCUT2D eigenvalue weighted by Gasteiger charge is -2.30. The number of benzene rings is 1. The Balaban J connectivity index is 1.38. The number of hydrogen-bond acceptors (Lipinski definition) is 9. The minimum Gasteiger partial charge on any atom is -0.755 e. The molecule has 3 atom stereocenters. The number of carboxylic acids is 1. The Morgan fingerprint density at radius 1 is 1.36 bits per heavy atom. The number of nitrogens with two attached hydrogens (primary N) is 1. The van der Waals surface area contributed by atoms with Gasteiger partial charge in [-0.25, -0.2) is 27.9 Å². The van der Waals surface area contributed by atoms with Crippen LogP contribution in [0.3, 0.4) is 0 Å². The number of amides is 1. The number of alkyl halides is 2. The Labute approximate surface area is 226 Å². The minimum absolute atomic E-state index is 0.0337. The van der Waals surface area contributed by atoms with Crippen molar-refractivity contribution < 1.29 is 36.6 Å². The number of carbonyl (C=O) groups is 2. The van der Waals surface area contributed by atoms with E-state index < -0.39 is 53.5 Å². The van der Waals surface area contributed by atoms with Crippen LogP contribution in [0, 0.1) is 5.82 Å².